The quantitative estimate of drug-likeness (QED) is 0.837. The van der Waals surface area contributed by atoms with E-state index in [9.17, 15) is 0 Å². The first-order chi connectivity index (χ1) is 8.27. The van der Waals surface area contributed by atoms with Crippen molar-refractivity contribution in [3.63, 3.8) is 0 Å². The molecule has 0 spiro atoms. The molecule has 86 valence electrons. The number of fused-ring (bicyclic) bond motifs is 1. The van der Waals surface area contributed by atoms with Crippen LogP contribution in [0.4, 0.5) is 0 Å². The van der Waals surface area contributed by atoms with Crippen molar-refractivity contribution in [2.75, 3.05) is 0 Å². The molecule has 0 saturated heterocycles. The Morgan fingerprint density at radius 2 is 2.18 bits per heavy atom. The van der Waals surface area contributed by atoms with Crippen molar-refractivity contribution >= 4 is 43.7 Å². The van der Waals surface area contributed by atoms with Crippen LogP contribution < -0.4 is 5.32 Å². The summed E-state index contributed by atoms with van der Waals surface area (Å²) in [5.41, 5.74) is 1.24. The highest BCUT2D eigenvalue weighted by Gasteiger charge is 2.20. The molecular formula is C13H11BrN2S. The Kier molecular flexibility index (Phi) is 2.76. The molecule has 0 radical (unpaired) electrons. The van der Waals surface area contributed by atoms with Crippen LogP contribution in [0, 0.1) is 0 Å². The lowest BCUT2D eigenvalue weighted by atomic mass is 10.1. The molecular weight excluding hydrogens is 296 g/mol. The fourth-order valence-corrected chi connectivity index (χ4v) is 4.16. The lowest BCUT2D eigenvalue weighted by molar-refractivity contribution is 0.752. The van der Waals surface area contributed by atoms with Gasteiger partial charge in [0.2, 0.25) is 0 Å². The summed E-state index contributed by atoms with van der Waals surface area (Å²) in [7, 11) is 0. The van der Waals surface area contributed by atoms with E-state index in [0.717, 1.165) is 0 Å². The molecule has 2 nitrogen and oxygen atoms in total. The molecule has 0 aliphatic carbocycles. The van der Waals surface area contributed by atoms with Gasteiger partial charge in [-0.2, -0.15) is 0 Å². The van der Waals surface area contributed by atoms with Gasteiger partial charge in [0.15, 0.2) is 0 Å². The fourth-order valence-electron chi connectivity index (χ4n) is 1.98. The second-order valence-corrected chi connectivity index (χ2v) is 5.90. The summed E-state index contributed by atoms with van der Waals surface area (Å²) >= 11 is 5.54. The Labute approximate surface area is 112 Å². The smallest absolute Gasteiger partial charge is 0.0886 e. The molecule has 0 bridgehead atoms. The van der Waals surface area contributed by atoms with Crippen molar-refractivity contribution in [2.24, 2.45) is 4.99 Å². The molecule has 1 unspecified atom stereocenters. The molecule has 0 amide bonds. The predicted octanol–water partition coefficient (Wildman–Crippen LogP) is 4.24. The van der Waals surface area contributed by atoms with Crippen LogP contribution in [0.1, 0.15) is 17.8 Å². The number of hydrogen-bond acceptors (Lipinski definition) is 3. The Morgan fingerprint density at radius 1 is 1.35 bits per heavy atom. The topological polar surface area (TPSA) is 24.4 Å². The van der Waals surface area contributed by atoms with Crippen molar-refractivity contribution < 1.29 is 0 Å². The summed E-state index contributed by atoms with van der Waals surface area (Å²) in [6, 6.07) is 8.69. The average Bonchev–Trinajstić information content (AvgIpc) is 2.68. The number of aliphatic imine (C=N–C) groups is 1. The summed E-state index contributed by atoms with van der Waals surface area (Å²) in [6.07, 6.45) is 3.67. The van der Waals surface area contributed by atoms with Gasteiger partial charge in [-0.25, -0.2) is 4.99 Å². The highest BCUT2D eigenvalue weighted by Crippen LogP contribution is 2.41. The van der Waals surface area contributed by atoms with E-state index < -0.39 is 0 Å². The van der Waals surface area contributed by atoms with Crippen LogP contribution in [0.3, 0.4) is 0 Å². The summed E-state index contributed by atoms with van der Waals surface area (Å²) in [5, 5.41) is 4.59. The van der Waals surface area contributed by atoms with Crippen LogP contribution in [0.2, 0.25) is 0 Å². The molecule has 1 aliphatic rings. The maximum atomic E-state index is 4.11. The van der Waals surface area contributed by atoms with Crippen molar-refractivity contribution in [1.29, 1.82) is 0 Å². The number of nitrogens with one attached hydrogen (secondary N) is 1. The second kappa shape index (κ2) is 4.27. The van der Waals surface area contributed by atoms with Gasteiger partial charge >= 0.3 is 0 Å². The maximum absolute atomic E-state index is 4.11. The van der Waals surface area contributed by atoms with Crippen LogP contribution in [0.15, 0.2) is 45.5 Å². The van der Waals surface area contributed by atoms with Gasteiger partial charge in [0.05, 0.1) is 12.4 Å². The second-order valence-electron chi connectivity index (χ2n) is 4.03. The number of hydrogen-bond donors (Lipinski definition) is 1. The molecule has 1 aliphatic heterocycles. The van der Waals surface area contributed by atoms with Gasteiger partial charge in [-0.3, -0.25) is 0 Å². The third-order valence-electron chi connectivity index (χ3n) is 2.87. The standard InChI is InChI=1S/C13H11BrN2S/c1-8-6-15-7-16-12(8)13-11(14)9-4-2-3-5-10(9)17-13/h2-7,12H,1H3,(H,15,16). The van der Waals surface area contributed by atoms with Crippen LogP contribution in [0.5, 0.6) is 0 Å². The van der Waals surface area contributed by atoms with Gasteiger partial charge in [-0.1, -0.05) is 18.2 Å². The van der Waals surface area contributed by atoms with E-state index in [1.165, 1.54) is 25.0 Å². The minimum Gasteiger partial charge on any atom is -0.365 e. The van der Waals surface area contributed by atoms with E-state index in [1.807, 2.05) is 17.5 Å². The van der Waals surface area contributed by atoms with E-state index in [1.54, 1.807) is 6.34 Å². The summed E-state index contributed by atoms with van der Waals surface area (Å²) < 4.78 is 2.50. The third kappa shape index (κ3) is 1.81. The van der Waals surface area contributed by atoms with Crippen LogP contribution >= 0.6 is 27.3 Å². The highest BCUT2D eigenvalue weighted by atomic mass is 79.9. The van der Waals surface area contributed by atoms with Gasteiger partial charge in [-0.15, -0.1) is 11.3 Å². The summed E-state index contributed by atoms with van der Waals surface area (Å²) in [5.74, 6) is 0. The molecule has 2 aromatic rings. The molecule has 2 heterocycles. The first kappa shape index (κ1) is 11.0. The molecule has 0 fully saturated rings. The van der Waals surface area contributed by atoms with Crippen molar-refractivity contribution in [2.45, 2.75) is 13.0 Å². The Hall–Kier alpha value is -1.13. The van der Waals surface area contributed by atoms with Crippen molar-refractivity contribution in [3.05, 3.63) is 45.4 Å². The molecule has 17 heavy (non-hydrogen) atoms. The van der Waals surface area contributed by atoms with E-state index >= 15 is 0 Å². The monoisotopic (exact) mass is 306 g/mol. The van der Waals surface area contributed by atoms with Gasteiger partial charge in [0.25, 0.3) is 0 Å². The Balaban J connectivity index is 2.15. The average molecular weight is 307 g/mol. The first-order valence-electron chi connectivity index (χ1n) is 5.38. The van der Waals surface area contributed by atoms with Gasteiger partial charge in [0, 0.05) is 25.6 Å². The molecule has 1 N–H and O–H groups in total. The maximum Gasteiger partial charge on any atom is 0.0886 e. The molecule has 1 aromatic carbocycles. The van der Waals surface area contributed by atoms with Crippen molar-refractivity contribution in [3.8, 4) is 0 Å². The molecule has 4 heteroatoms. The van der Waals surface area contributed by atoms with Gasteiger partial charge in [0.1, 0.15) is 0 Å². The molecule has 3 rings (SSSR count). The molecule has 1 atom stereocenters. The molecule has 0 saturated carbocycles. The van der Waals surface area contributed by atoms with E-state index in [4.69, 9.17) is 0 Å². The highest BCUT2D eigenvalue weighted by molar-refractivity contribution is 9.10. The summed E-state index contributed by atoms with van der Waals surface area (Å²) in [6.45, 7) is 2.10. The fraction of sp³-hybridized carbons (Fsp3) is 0.154. The first-order valence-corrected chi connectivity index (χ1v) is 6.99. The van der Waals surface area contributed by atoms with Crippen LogP contribution in [-0.4, -0.2) is 6.34 Å². The van der Waals surface area contributed by atoms with Crippen LogP contribution in [-0.2, 0) is 0 Å². The Bertz CT molecular complexity index is 627. The van der Waals surface area contributed by atoms with Gasteiger partial charge < -0.3 is 5.32 Å². The van der Waals surface area contributed by atoms with Crippen molar-refractivity contribution in [1.82, 2.24) is 5.32 Å². The third-order valence-corrected chi connectivity index (χ3v) is 5.22. The number of nitrogens with zero attached hydrogens (tertiary/aromatic N) is 1. The number of benzene rings is 1. The van der Waals surface area contributed by atoms with E-state index in [2.05, 4.69) is 57.4 Å². The number of halogens is 1. The molecule has 1 aromatic heterocycles. The zero-order valence-electron chi connectivity index (χ0n) is 9.27. The normalized spacial score (nSPS) is 19.2. The van der Waals surface area contributed by atoms with E-state index in [-0.39, 0.29) is 6.04 Å². The lowest BCUT2D eigenvalue weighted by Gasteiger charge is -2.19. The minimum atomic E-state index is 0.235. The SMILES string of the molecule is CC1=CN=CNC1c1sc2ccccc2c1Br. The number of rotatable bonds is 1. The Morgan fingerprint density at radius 3 is 2.94 bits per heavy atom. The number of thiophene rings is 1. The lowest BCUT2D eigenvalue weighted by Crippen LogP contribution is -2.22. The minimum absolute atomic E-state index is 0.235. The van der Waals surface area contributed by atoms with Crippen LogP contribution in [0.25, 0.3) is 10.1 Å². The van der Waals surface area contributed by atoms with E-state index in [0.29, 0.717) is 0 Å². The van der Waals surface area contributed by atoms with Gasteiger partial charge in [-0.05, 0) is 34.5 Å². The zero-order valence-corrected chi connectivity index (χ0v) is 11.7. The largest absolute Gasteiger partial charge is 0.365 e. The zero-order chi connectivity index (χ0) is 11.8. The predicted molar refractivity (Wildman–Crippen MR) is 77.7 cm³/mol. The summed E-state index contributed by atoms with van der Waals surface area (Å²) in [4.78, 5) is 5.42.